The van der Waals surface area contributed by atoms with Crippen LogP contribution < -0.4 is 0 Å². The molecule has 0 fully saturated rings. The summed E-state index contributed by atoms with van der Waals surface area (Å²) in [5.74, 6) is -8.74. The number of carbonyl (C=O) groups is 6. The van der Waals surface area contributed by atoms with Gasteiger partial charge in [0.1, 0.15) is 12.4 Å². The Morgan fingerprint density at radius 2 is 0.778 bits per heavy atom. The molecule has 20 heteroatoms. The fourth-order valence-corrected chi connectivity index (χ4v) is 0.513. The molecule has 0 amide bonds. The van der Waals surface area contributed by atoms with Crippen LogP contribution in [0.1, 0.15) is 61.3 Å². The van der Waals surface area contributed by atoms with Crippen molar-refractivity contribution in [3.63, 3.8) is 0 Å². The average molecular weight is 675 g/mol. The van der Waals surface area contributed by atoms with Gasteiger partial charge in [-0.25, -0.2) is 4.79 Å². The first kappa shape index (κ1) is 60.7. The van der Waals surface area contributed by atoms with Gasteiger partial charge in [0.05, 0.1) is 25.0 Å². The van der Waals surface area contributed by atoms with Gasteiger partial charge in [-0.2, -0.15) is 0 Å². The third kappa shape index (κ3) is 100. The number of hydrogen-bond donors (Lipinski definition) is 14. The number of carboxylic acid groups (broad SMARTS) is 6. The highest BCUT2D eigenvalue weighted by Crippen LogP contribution is 1.99. The maximum atomic E-state index is 9.97. The second kappa shape index (κ2) is 44.9. The topological polar surface area (TPSA) is 386 Å². The van der Waals surface area contributed by atoms with Gasteiger partial charge in [-0.1, -0.05) is 20.8 Å². The van der Waals surface area contributed by atoms with Crippen LogP contribution in [0, 0.1) is 17.8 Å². The minimum atomic E-state index is -1.31. The first-order valence-electron chi connectivity index (χ1n) is 12.7. The van der Waals surface area contributed by atoms with Crippen LogP contribution in [-0.4, -0.2) is 153 Å². The third-order valence-electron chi connectivity index (χ3n) is 3.19. The van der Waals surface area contributed by atoms with Gasteiger partial charge in [0.2, 0.25) is 0 Å². The second-order valence-corrected chi connectivity index (χ2v) is 8.13. The lowest BCUT2D eigenvalue weighted by Gasteiger charge is -1.98. The van der Waals surface area contributed by atoms with E-state index in [4.69, 9.17) is 71.5 Å². The molecule has 274 valence electrons. The maximum absolute atomic E-state index is 9.97. The fourth-order valence-electron chi connectivity index (χ4n) is 0.513. The molecular weight excluding hydrogens is 620 g/mol. The lowest BCUT2D eigenvalue weighted by Crippen LogP contribution is -2.19. The highest BCUT2D eigenvalue weighted by Gasteiger charge is 2.18. The molecule has 0 aliphatic rings. The maximum Gasteiger partial charge on any atom is 0.332 e. The van der Waals surface area contributed by atoms with Crippen LogP contribution in [0.3, 0.4) is 0 Å². The van der Waals surface area contributed by atoms with E-state index < -0.39 is 66.1 Å². The summed E-state index contributed by atoms with van der Waals surface area (Å²) in [4.78, 5) is 58.2. The molecule has 0 spiro atoms. The predicted octanol–water partition coefficient (Wildman–Crippen LogP) is -2.20. The molecule has 3 atom stereocenters. The zero-order valence-electron chi connectivity index (χ0n) is 26.7. The lowest BCUT2D eigenvalue weighted by molar-refractivity contribution is -0.153. The van der Waals surface area contributed by atoms with E-state index in [9.17, 15) is 28.8 Å². The van der Waals surface area contributed by atoms with Crippen LogP contribution in [0.5, 0.6) is 0 Å². The van der Waals surface area contributed by atoms with Gasteiger partial charge >= 0.3 is 35.8 Å². The van der Waals surface area contributed by atoms with Crippen LogP contribution in [0.15, 0.2) is 0 Å². The van der Waals surface area contributed by atoms with Gasteiger partial charge in [0, 0.05) is 32.7 Å². The zero-order chi connectivity index (χ0) is 38.5. The molecule has 45 heavy (non-hydrogen) atoms. The van der Waals surface area contributed by atoms with Gasteiger partial charge in [-0.15, -0.1) is 0 Å². The minimum absolute atomic E-state index is 0.0463. The molecule has 0 saturated carbocycles. The van der Waals surface area contributed by atoms with Gasteiger partial charge in [0.25, 0.3) is 0 Å². The zero-order valence-corrected chi connectivity index (χ0v) is 26.7. The SMILES string of the molecule is CC(C(=O)O)C(=O)O.CC(CC(=O)O)C(=O)O.CC(CO)CO.CC(O)C(=O)O.CC(O)CO.CC(O)O.CCC(=O)O.CO. The van der Waals surface area contributed by atoms with Crippen LogP contribution in [-0.2, 0) is 28.8 Å². The summed E-state index contributed by atoms with van der Waals surface area (Å²) in [6, 6.07) is 0. The molecule has 0 radical (unpaired) electrons. The Morgan fingerprint density at radius 1 is 0.533 bits per heavy atom. The molecule has 0 heterocycles. The molecule has 3 unspecified atom stereocenters. The second-order valence-electron chi connectivity index (χ2n) is 8.13. The summed E-state index contributed by atoms with van der Waals surface area (Å²) in [5.41, 5.74) is 0. The van der Waals surface area contributed by atoms with Crippen molar-refractivity contribution in [2.24, 2.45) is 17.8 Å². The van der Waals surface area contributed by atoms with Crippen LogP contribution in [0.2, 0.25) is 0 Å². The van der Waals surface area contributed by atoms with E-state index in [1.165, 1.54) is 27.7 Å². The van der Waals surface area contributed by atoms with Gasteiger partial charge in [-0.05, 0) is 27.7 Å². The summed E-state index contributed by atoms with van der Waals surface area (Å²) in [6.07, 6.45) is -3.05. The molecule has 0 aromatic carbocycles. The number of aliphatic hydroxyl groups is 8. The van der Waals surface area contributed by atoms with Crippen LogP contribution in [0.4, 0.5) is 0 Å². The molecule has 0 aliphatic carbocycles. The Hall–Kier alpha value is -3.50. The Labute approximate surface area is 261 Å². The summed E-state index contributed by atoms with van der Waals surface area (Å²) in [6.45, 7) is 9.87. The van der Waals surface area contributed by atoms with E-state index in [1.54, 1.807) is 13.8 Å². The van der Waals surface area contributed by atoms with Crippen molar-refractivity contribution in [3.8, 4) is 0 Å². The van der Waals surface area contributed by atoms with Crippen LogP contribution in [0.25, 0.3) is 0 Å². The molecule has 14 N–H and O–H groups in total. The minimum Gasteiger partial charge on any atom is -0.481 e. The molecule has 20 nitrogen and oxygen atoms in total. The van der Waals surface area contributed by atoms with Crippen molar-refractivity contribution in [3.05, 3.63) is 0 Å². The van der Waals surface area contributed by atoms with Gasteiger partial charge in [0.15, 0.2) is 5.92 Å². The first-order valence-corrected chi connectivity index (χ1v) is 12.7. The lowest BCUT2D eigenvalue weighted by atomic mass is 10.1. The highest BCUT2D eigenvalue weighted by atomic mass is 16.5. The molecular formula is C25H54O20. The molecule has 0 rings (SSSR count). The Morgan fingerprint density at radius 3 is 0.800 bits per heavy atom. The smallest absolute Gasteiger partial charge is 0.332 e. The Balaban J connectivity index is -0.0000000595. The highest BCUT2D eigenvalue weighted by molar-refractivity contribution is 5.92. The third-order valence-corrected chi connectivity index (χ3v) is 3.19. The Kier molecular flexibility index (Phi) is 60.6. The summed E-state index contributed by atoms with van der Waals surface area (Å²) in [5, 5.41) is 110. The van der Waals surface area contributed by atoms with E-state index in [2.05, 4.69) is 0 Å². The van der Waals surface area contributed by atoms with Crippen molar-refractivity contribution < 1.29 is 100 Å². The standard InChI is InChI=1S/C5H8O4.C4H6O4.C4H10O2.C3H6O3.C3H8O2.C3H6O2.C2H6O2.CH4O/c1-3(5(8)9)2-4(6)7;1-2(3(5)6)4(7)8;1-4(2-5)3-6;1-2(4)3(5)6;1-3(5)2-4;1-2-3(4)5;1-2(3)4;1-2/h3H,2H2,1H3,(H,6,7)(H,8,9);2H,1H3,(H,5,6)(H,7,8);4-6H,2-3H2,1H3;2,4H,1H3,(H,5,6);3-5H,2H2,1H3;2H2,1H3,(H,4,5);2-4H,1H3;2H,1H3. The van der Waals surface area contributed by atoms with Crippen molar-refractivity contribution in [2.45, 2.75) is 79.8 Å². The molecule has 0 aromatic rings. The normalized spacial score (nSPS) is 10.7. The number of carboxylic acids is 6. The number of rotatable bonds is 10. The molecule has 0 saturated heterocycles. The quantitative estimate of drug-likeness (QED) is 0.0862. The average Bonchev–Trinajstić information content (AvgIpc) is 2.93. The number of hydrogen-bond acceptors (Lipinski definition) is 14. The van der Waals surface area contributed by atoms with Crippen molar-refractivity contribution >= 4 is 35.8 Å². The van der Waals surface area contributed by atoms with Crippen LogP contribution >= 0.6 is 0 Å². The fraction of sp³-hybridized carbons (Fsp3) is 0.760. The van der Waals surface area contributed by atoms with E-state index >= 15 is 0 Å². The largest absolute Gasteiger partial charge is 0.481 e. The van der Waals surface area contributed by atoms with E-state index in [0.717, 1.165) is 14.0 Å². The van der Waals surface area contributed by atoms with E-state index in [-0.39, 0.29) is 38.6 Å². The number of aliphatic carboxylic acids is 6. The monoisotopic (exact) mass is 674 g/mol. The summed E-state index contributed by atoms with van der Waals surface area (Å²) in [7, 11) is 1.00. The Bertz CT molecular complexity index is 688. The summed E-state index contributed by atoms with van der Waals surface area (Å²) < 4.78 is 0. The van der Waals surface area contributed by atoms with Gasteiger partial charge in [-0.3, -0.25) is 24.0 Å². The van der Waals surface area contributed by atoms with E-state index in [0.29, 0.717) is 0 Å². The molecule has 0 bridgehead atoms. The van der Waals surface area contributed by atoms with Crippen molar-refractivity contribution in [1.29, 1.82) is 0 Å². The first-order chi connectivity index (χ1) is 20.3. The van der Waals surface area contributed by atoms with E-state index in [1.807, 2.05) is 0 Å². The molecule has 0 aliphatic heterocycles. The van der Waals surface area contributed by atoms with Gasteiger partial charge < -0.3 is 71.5 Å². The summed E-state index contributed by atoms with van der Waals surface area (Å²) >= 11 is 0. The van der Waals surface area contributed by atoms with Crippen molar-refractivity contribution in [1.82, 2.24) is 0 Å². The molecule has 0 aromatic heterocycles. The predicted molar refractivity (Wildman–Crippen MR) is 155 cm³/mol. The van der Waals surface area contributed by atoms with Crippen molar-refractivity contribution in [2.75, 3.05) is 26.9 Å². The number of aliphatic hydroxyl groups excluding tert-OH is 7.